The molecule has 0 heterocycles. The van der Waals surface area contributed by atoms with E-state index in [9.17, 15) is 14.7 Å². The van der Waals surface area contributed by atoms with Gasteiger partial charge < -0.3 is 14.6 Å². The molecular formula is C10H16O5. The van der Waals surface area contributed by atoms with Gasteiger partial charge in [-0.25, -0.2) is 0 Å². The molecule has 5 nitrogen and oxygen atoms in total. The minimum atomic E-state index is -1.35. The van der Waals surface area contributed by atoms with Crippen molar-refractivity contribution in [2.75, 3.05) is 13.2 Å². The minimum Gasteiger partial charge on any atom is -0.465 e. The Balaban J connectivity index is 4.63. The van der Waals surface area contributed by atoms with Crippen molar-refractivity contribution in [3.05, 3.63) is 12.7 Å². The molecule has 0 aliphatic carbocycles. The topological polar surface area (TPSA) is 72.8 Å². The predicted octanol–water partition coefficient (Wildman–Crippen LogP) is 0.276. The fourth-order valence-corrected chi connectivity index (χ4v) is 0.975. The van der Waals surface area contributed by atoms with Crippen LogP contribution in [0.15, 0.2) is 12.7 Å². The molecular weight excluding hydrogens is 200 g/mol. The fourth-order valence-electron chi connectivity index (χ4n) is 0.975. The van der Waals surface area contributed by atoms with Gasteiger partial charge in [0.25, 0.3) is 0 Å². The Morgan fingerprint density at radius 1 is 1.27 bits per heavy atom. The molecule has 0 radical (unpaired) electrons. The van der Waals surface area contributed by atoms with Crippen LogP contribution < -0.4 is 0 Å². The number of hydrogen-bond donors (Lipinski definition) is 1. The first-order chi connectivity index (χ1) is 7.08. The number of aliphatic hydroxyl groups excluding tert-OH is 1. The van der Waals surface area contributed by atoms with E-state index in [0.717, 1.165) is 6.08 Å². The van der Waals surface area contributed by atoms with E-state index in [1.165, 1.54) is 0 Å². The zero-order valence-corrected chi connectivity index (χ0v) is 8.93. The van der Waals surface area contributed by atoms with Gasteiger partial charge in [0.15, 0.2) is 5.92 Å². The maximum absolute atomic E-state index is 11.3. The Morgan fingerprint density at radius 3 is 1.93 bits per heavy atom. The number of esters is 2. The van der Waals surface area contributed by atoms with Crippen molar-refractivity contribution in [1.29, 1.82) is 0 Å². The van der Waals surface area contributed by atoms with Gasteiger partial charge in [-0.15, -0.1) is 6.58 Å². The normalized spacial score (nSPS) is 12.0. The number of ether oxygens (including phenoxy) is 2. The monoisotopic (exact) mass is 216 g/mol. The summed E-state index contributed by atoms with van der Waals surface area (Å²) in [4.78, 5) is 22.7. The van der Waals surface area contributed by atoms with Gasteiger partial charge in [0.1, 0.15) is 0 Å². The lowest BCUT2D eigenvalue weighted by Crippen LogP contribution is -2.36. The number of hydrogen-bond acceptors (Lipinski definition) is 5. The molecule has 0 aromatic heterocycles. The molecule has 5 heteroatoms. The number of aliphatic hydroxyl groups is 1. The highest BCUT2D eigenvalue weighted by atomic mass is 16.6. The van der Waals surface area contributed by atoms with Gasteiger partial charge in [0.05, 0.1) is 19.3 Å². The van der Waals surface area contributed by atoms with E-state index in [4.69, 9.17) is 0 Å². The zero-order valence-electron chi connectivity index (χ0n) is 8.93. The Hall–Kier alpha value is -1.36. The molecule has 86 valence electrons. The molecule has 0 bridgehead atoms. The van der Waals surface area contributed by atoms with Crippen LogP contribution >= 0.6 is 0 Å². The summed E-state index contributed by atoms with van der Waals surface area (Å²) in [5, 5.41) is 9.39. The van der Waals surface area contributed by atoms with E-state index in [1.807, 2.05) is 0 Å². The molecule has 15 heavy (non-hydrogen) atoms. The van der Waals surface area contributed by atoms with E-state index in [2.05, 4.69) is 16.1 Å². The van der Waals surface area contributed by atoms with Crippen molar-refractivity contribution in [3.8, 4) is 0 Å². The predicted molar refractivity (Wildman–Crippen MR) is 53.0 cm³/mol. The molecule has 0 aromatic carbocycles. The molecule has 0 fully saturated rings. The zero-order chi connectivity index (χ0) is 11.8. The van der Waals surface area contributed by atoms with Crippen molar-refractivity contribution < 1.29 is 24.2 Å². The van der Waals surface area contributed by atoms with Crippen LogP contribution in [0.4, 0.5) is 0 Å². The summed E-state index contributed by atoms with van der Waals surface area (Å²) in [6.07, 6.45) is -0.193. The highest BCUT2D eigenvalue weighted by molar-refractivity contribution is 5.95. The van der Waals surface area contributed by atoms with Crippen LogP contribution in [-0.4, -0.2) is 36.4 Å². The van der Waals surface area contributed by atoms with Crippen molar-refractivity contribution in [1.82, 2.24) is 0 Å². The Labute approximate surface area is 88.7 Å². The quantitative estimate of drug-likeness (QED) is 0.392. The lowest BCUT2D eigenvalue weighted by atomic mass is 10.0. The Morgan fingerprint density at radius 2 is 1.67 bits per heavy atom. The highest BCUT2D eigenvalue weighted by Gasteiger charge is 2.34. The fraction of sp³-hybridized carbons (Fsp3) is 0.600. The Bertz CT molecular complexity index is 218. The summed E-state index contributed by atoms with van der Waals surface area (Å²) < 4.78 is 9.29. The lowest BCUT2D eigenvalue weighted by Gasteiger charge is -2.16. The first-order valence-corrected chi connectivity index (χ1v) is 4.72. The largest absolute Gasteiger partial charge is 0.465 e. The first kappa shape index (κ1) is 13.6. The first-order valence-electron chi connectivity index (χ1n) is 4.72. The third kappa shape index (κ3) is 4.12. The van der Waals surface area contributed by atoms with Crippen LogP contribution in [0.2, 0.25) is 0 Å². The minimum absolute atomic E-state index is 0.138. The van der Waals surface area contributed by atoms with Crippen molar-refractivity contribution in [2.24, 2.45) is 5.92 Å². The van der Waals surface area contributed by atoms with Gasteiger partial charge in [-0.2, -0.15) is 0 Å². The summed E-state index contributed by atoms with van der Waals surface area (Å²) in [6, 6.07) is 0. The summed E-state index contributed by atoms with van der Waals surface area (Å²) in [5.41, 5.74) is 0. The maximum Gasteiger partial charge on any atom is 0.323 e. The van der Waals surface area contributed by atoms with Crippen LogP contribution in [0.25, 0.3) is 0 Å². The second-order valence-corrected chi connectivity index (χ2v) is 2.71. The summed E-state index contributed by atoms with van der Waals surface area (Å²) >= 11 is 0. The van der Waals surface area contributed by atoms with E-state index in [-0.39, 0.29) is 13.2 Å². The number of rotatable bonds is 6. The molecule has 0 rings (SSSR count). The van der Waals surface area contributed by atoms with E-state index < -0.39 is 24.0 Å². The smallest absolute Gasteiger partial charge is 0.323 e. The number of carbonyl (C=O) groups is 2. The summed E-state index contributed by atoms with van der Waals surface area (Å²) in [7, 11) is 0. The summed E-state index contributed by atoms with van der Waals surface area (Å²) in [6.45, 7) is 6.80. The van der Waals surface area contributed by atoms with E-state index in [1.54, 1.807) is 13.8 Å². The van der Waals surface area contributed by atoms with Gasteiger partial charge in [-0.3, -0.25) is 9.59 Å². The molecule has 0 aliphatic rings. The van der Waals surface area contributed by atoms with Gasteiger partial charge >= 0.3 is 11.9 Å². The molecule has 0 amide bonds. The van der Waals surface area contributed by atoms with E-state index >= 15 is 0 Å². The Kier molecular flexibility index (Phi) is 6.37. The van der Waals surface area contributed by atoms with Crippen LogP contribution in [0.5, 0.6) is 0 Å². The third-order valence-electron chi connectivity index (χ3n) is 1.66. The number of carbonyl (C=O) groups excluding carboxylic acids is 2. The van der Waals surface area contributed by atoms with Crippen LogP contribution in [0, 0.1) is 5.92 Å². The van der Waals surface area contributed by atoms with Crippen LogP contribution in [-0.2, 0) is 19.1 Å². The average molecular weight is 216 g/mol. The van der Waals surface area contributed by atoms with Crippen molar-refractivity contribution >= 4 is 11.9 Å². The lowest BCUT2D eigenvalue weighted by molar-refractivity contribution is -0.165. The van der Waals surface area contributed by atoms with Gasteiger partial charge in [-0.05, 0) is 13.8 Å². The van der Waals surface area contributed by atoms with Gasteiger partial charge in [-0.1, -0.05) is 6.08 Å². The molecule has 0 saturated heterocycles. The third-order valence-corrected chi connectivity index (χ3v) is 1.66. The summed E-state index contributed by atoms with van der Waals surface area (Å²) in [5.74, 6) is -2.95. The van der Waals surface area contributed by atoms with Gasteiger partial charge in [0.2, 0.25) is 0 Å². The van der Waals surface area contributed by atoms with E-state index in [0.29, 0.717) is 0 Å². The SMILES string of the molecule is C=CC(O)C(C(=O)OCC)C(=O)OCC. The maximum atomic E-state index is 11.3. The second-order valence-electron chi connectivity index (χ2n) is 2.71. The van der Waals surface area contributed by atoms with Crippen molar-refractivity contribution in [2.45, 2.75) is 20.0 Å². The van der Waals surface area contributed by atoms with Crippen LogP contribution in [0.3, 0.4) is 0 Å². The van der Waals surface area contributed by atoms with Gasteiger partial charge in [0, 0.05) is 0 Å². The molecule has 1 unspecified atom stereocenters. The molecule has 0 spiro atoms. The molecule has 0 aliphatic heterocycles. The molecule has 1 N–H and O–H groups in total. The molecule has 1 atom stereocenters. The molecule has 0 aromatic rings. The molecule has 0 saturated carbocycles. The highest BCUT2D eigenvalue weighted by Crippen LogP contribution is 2.10. The average Bonchev–Trinajstić information content (AvgIpc) is 2.18. The standard InChI is InChI=1S/C10H16O5/c1-4-7(11)8(9(12)14-5-2)10(13)15-6-3/h4,7-8,11H,1,5-6H2,2-3H3. The van der Waals surface area contributed by atoms with Crippen LogP contribution in [0.1, 0.15) is 13.8 Å². The second kappa shape index (κ2) is 7.00. The van der Waals surface area contributed by atoms with Crippen molar-refractivity contribution in [3.63, 3.8) is 0 Å².